The molecule has 0 spiro atoms. The predicted molar refractivity (Wildman–Crippen MR) is 167 cm³/mol. The van der Waals surface area contributed by atoms with Crippen molar-refractivity contribution >= 4 is 50.7 Å². The Labute approximate surface area is 253 Å². The second-order valence-electron chi connectivity index (χ2n) is 10.4. The number of sulfonamides is 1. The lowest BCUT2D eigenvalue weighted by molar-refractivity contribution is -0.141. The molecular formula is C31H37Cl2N3O4S. The van der Waals surface area contributed by atoms with Crippen LogP contribution in [0.2, 0.25) is 10.0 Å². The Morgan fingerprint density at radius 3 is 2.15 bits per heavy atom. The number of carbonyl (C=O) groups is 2. The fourth-order valence-electron chi connectivity index (χ4n) is 4.48. The number of halogens is 2. The number of amides is 2. The summed E-state index contributed by atoms with van der Waals surface area (Å²) in [6.07, 6.45) is 1.77. The van der Waals surface area contributed by atoms with Gasteiger partial charge in [-0.05, 0) is 62.6 Å². The van der Waals surface area contributed by atoms with Crippen molar-refractivity contribution in [1.29, 1.82) is 0 Å². The molecule has 0 aliphatic rings. The van der Waals surface area contributed by atoms with E-state index in [1.807, 2.05) is 63.2 Å². The maximum atomic E-state index is 13.9. The van der Waals surface area contributed by atoms with Crippen LogP contribution in [0.5, 0.6) is 0 Å². The van der Waals surface area contributed by atoms with E-state index in [9.17, 15) is 18.0 Å². The summed E-state index contributed by atoms with van der Waals surface area (Å²) >= 11 is 12.4. The van der Waals surface area contributed by atoms with E-state index in [0.29, 0.717) is 22.2 Å². The highest BCUT2D eigenvalue weighted by Gasteiger charge is 2.31. The standard InChI is InChI=1S/C31H37Cl2N3O4S/c1-22(2)34-31(38)29(20-24-9-6-5-7-10-24)35(21-25-14-17-27(32)28(33)19-25)30(37)11-8-18-36(41(4,39)40)26-15-12-23(3)13-16-26/h5-7,9-10,12-17,19,22,29H,8,11,18,20-21H2,1-4H3,(H,34,38)/t29-/m0/s1. The second kappa shape index (κ2) is 14.7. The van der Waals surface area contributed by atoms with Crippen molar-refractivity contribution in [2.45, 2.75) is 58.7 Å². The van der Waals surface area contributed by atoms with Gasteiger partial charge in [0.1, 0.15) is 6.04 Å². The van der Waals surface area contributed by atoms with Crippen molar-refractivity contribution in [2.75, 3.05) is 17.1 Å². The number of anilines is 1. The zero-order valence-corrected chi connectivity index (χ0v) is 26.1. The van der Waals surface area contributed by atoms with Crippen molar-refractivity contribution in [3.63, 3.8) is 0 Å². The smallest absolute Gasteiger partial charge is 0.243 e. The highest BCUT2D eigenvalue weighted by molar-refractivity contribution is 7.92. The maximum Gasteiger partial charge on any atom is 0.243 e. The van der Waals surface area contributed by atoms with Gasteiger partial charge < -0.3 is 10.2 Å². The first-order valence-corrected chi connectivity index (χ1v) is 16.1. The third-order valence-corrected chi connectivity index (χ3v) is 8.45. The number of nitrogens with one attached hydrogen (secondary N) is 1. The molecule has 0 unspecified atom stereocenters. The molecule has 1 N–H and O–H groups in total. The number of hydrogen-bond acceptors (Lipinski definition) is 4. The summed E-state index contributed by atoms with van der Waals surface area (Å²) in [6.45, 7) is 5.92. The third-order valence-electron chi connectivity index (χ3n) is 6.51. The Morgan fingerprint density at radius 1 is 0.902 bits per heavy atom. The van der Waals surface area contributed by atoms with Crippen molar-refractivity contribution in [3.8, 4) is 0 Å². The topological polar surface area (TPSA) is 86.8 Å². The largest absolute Gasteiger partial charge is 0.352 e. The molecular weight excluding hydrogens is 581 g/mol. The minimum Gasteiger partial charge on any atom is -0.352 e. The maximum absolute atomic E-state index is 13.9. The Hall–Kier alpha value is -3.07. The molecule has 220 valence electrons. The lowest BCUT2D eigenvalue weighted by atomic mass is 10.0. The first-order chi connectivity index (χ1) is 19.3. The van der Waals surface area contributed by atoms with Crippen molar-refractivity contribution < 1.29 is 18.0 Å². The van der Waals surface area contributed by atoms with Crippen LogP contribution in [0.3, 0.4) is 0 Å². The fraction of sp³-hybridized carbons (Fsp3) is 0.355. The van der Waals surface area contributed by atoms with E-state index in [0.717, 1.165) is 22.9 Å². The van der Waals surface area contributed by atoms with Gasteiger partial charge in [-0.1, -0.05) is 77.3 Å². The average Bonchev–Trinajstić information content (AvgIpc) is 2.90. The van der Waals surface area contributed by atoms with Crippen LogP contribution in [0.15, 0.2) is 72.8 Å². The molecule has 1 atom stereocenters. The zero-order chi connectivity index (χ0) is 30.2. The average molecular weight is 619 g/mol. The van der Waals surface area contributed by atoms with E-state index in [-0.39, 0.29) is 43.8 Å². The summed E-state index contributed by atoms with van der Waals surface area (Å²) in [4.78, 5) is 28.9. The molecule has 0 radical (unpaired) electrons. The summed E-state index contributed by atoms with van der Waals surface area (Å²) in [5.74, 6) is -0.539. The molecule has 0 aliphatic heterocycles. The van der Waals surface area contributed by atoms with Crippen LogP contribution in [0.25, 0.3) is 0 Å². The van der Waals surface area contributed by atoms with Gasteiger partial charge in [0.25, 0.3) is 0 Å². The Morgan fingerprint density at radius 2 is 1.56 bits per heavy atom. The van der Waals surface area contributed by atoms with Crippen LogP contribution in [-0.4, -0.2) is 50.0 Å². The third kappa shape index (κ3) is 9.76. The van der Waals surface area contributed by atoms with Crippen LogP contribution in [-0.2, 0) is 32.6 Å². The van der Waals surface area contributed by atoms with Gasteiger partial charge in [0.2, 0.25) is 21.8 Å². The molecule has 0 bridgehead atoms. The number of aryl methyl sites for hydroxylation is 1. The fourth-order valence-corrected chi connectivity index (χ4v) is 5.77. The highest BCUT2D eigenvalue weighted by atomic mass is 35.5. The molecule has 41 heavy (non-hydrogen) atoms. The van der Waals surface area contributed by atoms with Crippen LogP contribution in [0.1, 0.15) is 43.4 Å². The molecule has 0 saturated carbocycles. The van der Waals surface area contributed by atoms with Gasteiger partial charge in [-0.15, -0.1) is 0 Å². The predicted octanol–water partition coefficient (Wildman–Crippen LogP) is 6.01. The van der Waals surface area contributed by atoms with E-state index in [4.69, 9.17) is 23.2 Å². The van der Waals surface area contributed by atoms with Gasteiger partial charge in [-0.25, -0.2) is 8.42 Å². The van der Waals surface area contributed by atoms with Gasteiger partial charge in [0.15, 0.2) is 0 Å². The SMILES string of the molecule is Cc1ccc(N(CCCC(=O)N(Cc2ccc(Cl)c(Cl)c2)[C@@H](Cc2ccccc2)C(=O)NC(C)C)S(C)(=O)=O)cc1. The molecule has 3 rings (SSSR count). The zero-order valence-electron chi connectivity index (χ0n) is 23.8. The number of carbonyl (C=O) groups excluding carboxylic acids is 2. The minimum absolute atomic E-state index is 0.0411. The van der Waals surface area contributed by atoms with Gasteiger partial charge >= 0.3 is 0 Å². The summed E-state index contributed by atoms with van der Waals surface area (Å²) in [5, 5.41) is 3.70. The quantitative estimate of drug-likeness (QED) is 0.254. The van der Waals surface area contributed by atoms with Crippen molar-refractivity contribution in [1.82, 2.24) is 10.2 Å². The number of nitrogens with zero attached hydrogens (tertiary/aromatic N) is 2. The van der Waals surface area contributed by atoms with E-state index in [1.54, 1.807) is 35.2 Å². The van der Waals surface area contributed by atoms with Gasteiger partial charge in [0, 0.05) is 32.0 Å². The second-order valence-corrected chi connectivity index (χ2v) is 13.1. The first-order valence-electron chi connectivity index (χ1n) is 13.5. The van der Waals surface area contributed by atoms with E-state index < -0.39 is 16.1 Å². The van der Waals surface area contributed by atoms with E-state index >= 15 is 0 Å². The summed E-state index contributed by atoms with van der Waals surface area (Å²) in [6, 6.07) is 20.9. The number of hydrogen-bond donors (Lipinski definition) is 1. The monoisotopic (exact) mass is 617 g/mol. The van der Waals surface area contributed by atoms with Gasteiger partial charge in [0.05, 0.1) is 22.0 Å². The molecule has 3 aromatic carbocycles. The Balaban J connectivity index is 1.90. The van der Waals surface area contributed by atoms with Gasteiger partial charge in [-0.2, -0.15) is 0 Å². The van der Waals surface area contributed by atoms with Crippen LogP contribution in [0, 0.1) is 6.92 Å². The molecule has 0 heterocycles. The molecule has 0 aliphatic carbocycles. The Kier molecular flexibility index (Phi) is 11.6. The van der Waals surface area contributed by atoms with Crippen molar-refractivity contribution in [2.24, 2.45) is 0 Å². The van der Waals surface area contributed by atoms with Crippen LogP contribution >= 0.6 is 23.2 Å². The molecule has 0 fully saturated rings. The molecule has 2 amide bonds. The van der Waals surface area contributed by atoms with E-state index in [2.05, 4.69) is 5.32 Å². The Bertz CT molecular complexity index is 1430. The minimum atomic E-state index is -3.57. The lowest BCUT2D eigenvalue weighted by Crippen LogP contribution is -2.51. The molecule has 7 nitrogen and oxygen atoms in total. The number of rotatable bonds is 13. The van der Waals surface area contributed by atoms with Crippen LogP contribution in [0.4, 0.5) is 5.69 Å². The summed E-state index contributed by atoms with van der Waals surface area (Å²) in [7, 11) is -3.57. The first kappa shape index (κ1) is 32.4. The van der Waals surface area contributed by atoms with Crippen molar-refractivity contribution in [3.05, 3.63) is 99.5 Å². The molecule has 0 aromatic heterocycles. The highest BCUT2D eigenvalue weighted by Crippen LogP contribution is 2.25. The molecule has 0 saturated heterocycles. The lowest BCUT2D eigenvalue weighted by Gasteiger charge is -2.32. The van der Waals surface area contributed by atoms with Gasteiger partial charge in [-0.3, -0.25) is 13.9 Å². The molecule has 3 aromatic rings. The number of benzene rings is 3. The van der Waals surface area contributed by atoms with E-state index in [1.165, 1.54) is 4.31 Å². The molecule has 10 heteroatoms. The summed E-state index contributed by atoms with van der Waals surface area (Å²) < 4.78 is 26.5. The normalized spacial score (nSPS) is 12.2. The van der Waals surface area contributed by atoms with Crippen LogP contribution < -0.4 is 9.62 Å². The summed E-state index contributed by atoms with van der Waals surface area (Å²) in [5.41, 5.74) is 3.18.